The van der Waals surface area contributed by atoms with Crippen LogP contribution in [0.1, 0.15) is 74.2 Å². The van der Waals surface area contributed by atoms with E-state index in [1.165, 1.54) is 18.3 Å². The minimum atomic E-state index is -1.10. The second-order valence-corrected chi connectivity index (χ2v) is 9.65. The number of hydrogen-bond acceptors (Lipinski definition) is 8. The lowest BCUT2D eigenvalue weighted by atomic mass is 9.81. The van der Waals surface area contributed by atoms with Crippen molar-refractivity contribution < 1.29 is 33.4 Å². The van der Waals surface area contributed by atoms with Crippen molar-refractivity contribution in [3.05, 3.63) is 16.5 Å². The highest BCUT2D eigenvalue weighted by Gasteiger charge is 2.51. The third kappa shape index (κ3) is 4.66. The van der Waals surface area contributed by atoms with Crippen LogP contribution in [0.5, 0.6) is 0 Å². The van der Waals surface area contributed by atoms with Gasteiger partial charge in [0.25, 0.3) is 5.91 Å². The molecule has 3 aliphatic rings. The molecule has 1 N–H and O–H groups in total. The Bertz CT molecular complexity index is 959. The number of hydrogen-bond donors (Lipinski definition) is 1. The third-order valence-corrected chi connectivity index (χ3v) is 7.43. The van der Waals surface area contributed by atoms with Crippen LogP contribution in [0.25, 0.3) is 0 Å². The lowest BCUT2D eigenvalue weighted by Gasteiger charge is -2.21. The van der Waals surface area contributed by atoms with E-state index < -0.39 is 30.5 Å². The fourth-order valence-corrected chi connectivity index (χ4v) is 5.71. The zero-order valence-corrected chi connectivity index (χ0v) is 19.6. The minimum absolute atomic E-state index is 0.220. The molecule has 3 amide bonds. The summed E-state index contributed by atoms with van der Waals surface area (Å²) in [5, 5.41) is 4.83. The number of rotatable bonds is 8. The number of anilines is 1. The van der Waals surface area contributed by atoms with Crippen molar-refractivity contribution in [3.8, 4) is 0 Å². The Balaban J connectivity index is 1.35. The van der Waals surface area contributed by atoms with Gasteiger partial charge in [-0.2, -0.15) is 0 Å². The fraction of sp³-hybridized carbons (Fsp3) is 0.609. The number of imide groups is 1. The van der Waals surface area contributed by atoms with Crippen LogP contribution in [0.3, 0.4) is 0 Å². The lowest BCUT2D eigenvalue weighted by molar-refractivity contribution is -0.159. The monoisotopic (exact) mass is 476 g/mol. The van der Waals surface area contributed by atoms with E-state index in [4.69, 9.17) is 9.47 Å². The maximum Gasteiger partial charge on any atom is 0.341 e. The van der Waals surface area contributed by atoms with E-state index >= 15 is 0 Å². The van der Waals surface area contributed by atoms with E-state index in [-0.39, 0.29) is 30.3 Å². The molecule has 0 bridgehead atoms. The molecule has 3 atom stereocenters. The molecule has 178 valence electrons. The van der Waals surface area contributed by atoms with Crippen LogP contribution >= 0.6 is 11.3 Å². The summed E-state index contributed by atoms with van der Waals surface area (Å²) in [5.74, 6) is -3.00. The number of nitrogens with zero attached hydrogens (tertiary/aromatic N) is 1. The summed E-state index contributed by atoms with van der Waals surface area (Å²) in [6, 6.07) is -1.10. The van der Waals surface area contributed by atoms with Gasteiger partial charge in [-0.25, -0.2) is 9.59 Å². The predicted molar refractivity (Wildman–Crippen MR) is 119 cm³/mol. The Kier molecular flexibility index (Phi) is 6.83. The first kappa shape index (κ1) is 23.4. The first-order valence-electron chi connectivity index (χ1n) is 11.4. The van der Waals surface area contributed by atoms with Gasteiger partial charge in [-0.1, -0.05) is 12.8 Å². The zero-order valence-electron chi connectivity index (χ0n) is 18.8. The summed E-state index contributed by atoms with van der Waals surface area (Å²) in [7, 11) is 0. The van der Waals surface area contributed by atoms with Crippen molar-refractivity contribution in [1.29, 1.82) is 0 Å². The summed E-state index contributed by atoms with van der Waals surface area (Å²) >= 11 is 1.23. The number of nitrogens with one attached hydrogen (secondary N) is 1. The molecule has 4 rings (SSSR count). The van der Waals surface area contributed by atoms with Crippen molar-refractivity contribution >= 4 is 46.0 Å². The molecule has 1 aromatic heterocycles. The molecule has 2 saturated carbocycles. The van der Waals surface area contributed by atoms with E-state index in [1.807, 2.05) is 5.38 Å². The number of thiophene rings is 1. The van der Waals surface area contributed by atoms with E-state index in [0.29, 0.717) is 29.3 Å². The molecule has 33 heavy (non-hydrogen) atoms. The van der Waals surface area contributed by atoms with Gasteiger partial charge >= 0.3 is 11.9 Å². The van der Waals surface area contributed by atoms with Crippen LogP contribution in [0.15, 0.2) is 5.38 Å². The van der Waals surface area contributed by atoms with Gasteiger partial charge in [0.15, 0.2) is 6.61 Å². The van der Waals surface area contributed by atoms with E-state index in [1.54, 1.807) is 6.92 Å². The molecule has 1 aliphatic heterocycles. The van der Waals surface area contributed by atoms with Crippen LogP contribution in [0.4, 0.5) is 5.00 Å². The molecular formula is C23H28N2O7S. The minimum Gasteiger partial charge on any atom is -0.462 e. The maximum absolute atomic E-state index is 12.7. The number of amides is 3. The van der Waals surface area contributed by atoms with Gasteiger partial charge in [-0.15, -0.1) is 11.3 Å². The van der Waals surface area contributed by atoms with Crippen molar-refractivity contribution in [2.45, 2.75) is 64.3 Å². The van der Waals surface area contributed by atoms with Gasteiger partial charge in [0.2, 0.25) is 11.8 Å². The molecule has 3 fully saturated rings. The van der Waals surface area contributed by atoms with Gasteiger partial charge in [-0.3, -0.25) is 19.3 Å². The second kappa shape index (κ2) is 9.62. The fourth-order valence-electron chi connectivity index (χ4n) is 4.67. The molecule has 10 heteroatoms. The third-order valence-electron chi connectivity index (χ3n) is 6.52. The number of carbonyl (C=O) groups is 5. The first-order chi connectivity index (χ1) is 15.8. The summed E-state index contributed by atoms with van der Waals surface area (Å²) in [4.78, 5) is 63.7. The van der Waals surface area contributed by atoms with Gasteiger partial charge in [-0.05, 0) is 56.4 Å². The Morgan fingerprint density at radius 3 is 2.30 bits per heavy atom. The topological polar surface area (TPSA) is 119 Å². The van der Waals surface area contributed by atoms with E-state index in [9.17, 15) is 24.0 Å². The molecule has 2 aliphatic carbocycles. The quantitative estimate of drug-likeness (QED) is 0.453. The second-order valence-electron chi connectivity index (χ2n) is 8.77. The zero-order chi connectivity index (χ0) is 23.7. The van der Waals surface area contributed by atoms with Gasteiger partial charge in [0, 0.05) is 0 Å². The molecule has 2 heterocycles. The van der Waals surface area contributed by atoms with Crippen LogP contribution in [0.2, 0.25) is 0 Å². The molecule has 0 radical (unpaired) electrons. The first-order valence-corrected chi connectivity index (χ1v) is 12.3. The summed E-state index contributed by atoms with van der Waals surface area (Å²) in [5.41, 5.74) is 1.22. The Morgan fingerprint density at radius 1 is 1.09 bits per heavy atom. The molecule has 9 nitrogen and oxygen atoms in total. The predicted octanol–water partition coefficient (Wildman–Crippen LogP) is 2.85. The summed E-state index contributed by atoms with van der Waals surface area (Å²) in [6.45, 7) is 2.78. The number of likely N-dealkylation sites (tertiary alicyclic amines) is 1. The number of carbonyl (C=O) groups excluding carboxylic acids is 5. The molecular weight excluding hydrogens is 448 g/mol. The van der Waals surface area contributed by atoms with Crippen molar-refractivity contribution in [2.24, 2.45) is 11.8 Å². The van der Waals surface area contributed by atoms with Crippen LogP contribution in [-0.2, 0) is 28.7 Å². The van der Waals surface area contributed by atoms with Crippen molar-refractivity contribution in [2.75, 3.05) is 18.5 Å². The normalized spacial score (nSPS) is 23.2. The molecule has 2 unspecified atom stereocenters. The highest BCUT2D eigenvalue weighted by atomic mass is 32.1. The van der Waals surface area contributed by atoms with E-state index in [2.05, 4.69) is 5.32 Å². The SMILES string of the molecule is CCOC(=O)c1c(C2CC2)csc1NC(=O)COC(=O)[C@H](C)N1C(=O)C2CCCCC2C1=O. The van der Waals surface area contributed by atoms with Gasteiger partial charge in [0.05, 0.1) is 24.0 Å². The van der Waals surface area contributed by atoms with Crippen LogP contribution in [0, 0.1) is 11.8 Å². The largest absolute Gasteiger partial charge is 0.462 e. The van der Waals surface area contributed by atoms with Crippen molar-refractivity contribution in [3.63, 3.8) is 0 Å². The summed E-state index contributed by atoms with van der Waals surface area (Å²) < 4.78 is 10.2. The van der Waals surface area contributed by atoms with Gasteiger partial charge in [0.1, 0.15) is 11.0 Å². The van der Waals surface area contributed by atoms with E-state index in [0.717, 1.165) is 36.1 Å². The summed E-state index contributed by atoms with van der Waals surface area (Å²) in [6.07, 6.45) is 5.08. The molecule has 1 aromatic rings. The average Bonchev–Trinajstić information content (AvgIpc) is 3.51. The van der Waals surface area contributed by atoms with Crippen molar-refractivity contribution in [1.82, 2.24) is 4.90 Å². The highest BCUT2D eigenvalue weighted by Crippen LogP contribution is 2.46. The number of esters is 2. The maximum atomic E-state index is 12.7. The highest BCUT2D eigenvalue weighted by molar-refractivity contribution is 7.15. The number of fused-ring (bicyclic) bond motifs is 1. The standard InChI is InChI=1S/C23H28N2O7S/c1-3-31-23(30)18-16(13-8-9-13)11-33-19(18)24-17(26)10-32-22(29)12(2)25-20(27)14-6-4-5-7-15(14)21(25)28/h11-15H,3-10H2,1-2H3,(H,24,26)/t12-,14?,15?/m0/s1. The Hall–Kier alpha value is -2.75. The molecule has 0 spiro atoms. The smallest absolute Gasteiger partial charge is 0.341 e. The molecule has 1 saturated heterocycles. The Labute approximate surface area is 195 Å². The van der Waals surface area contributed by atoms with Crippen LogP contribution in [-0.4, -0.2) is 53.8 Å². The lowest BCUT2D eigenvalue weighted by Crippen LogP contribution is -2.45. The number of ether oxygens (including phenoxy) is 2. The van der Waals surface area contributed by atoms with Crippen LogP contribution < -0.4 is 5.32 Å². The average molecular weight is 477 g/mol. The molecule has 0 aromatic carbocycles. The Morgan fingerprint density at radius 2 is 1.73 bits per heavy atom. The van der Waals surface area contributed by atoms with Gasteiger partial charge < -0.3 is 14.8 Å².